The summed E-state index contributed by atoms with van der Waals surface area (Å²) in [6.45, 7) is 7.65. The second-order valence-electron chi connectivity index (χ2n) is 4.99. The van der Waals surface area contributed by atoms with Crippen LogP contribution in [0.25, 0.3) is 0 Å². The summed E-state index contributed by atoms with van der Waals surface area (Å²) in [4.78, 5) is 20.3. The summed E-state index contributed by atoms with van der Waals surface area (Å²) < 4.78 is 5.16. The first-order valence-electron chi connectivity index (χ1n) is 6.73. The summed E-state index contributed by atoms with van der Waals surface area (Å²) in [5.74, 6) is 0.869. The highest BCUT2D eigenvalue weighted by molar-refractivity contribution is 5.71. The van der Waals surface area contributed by atoms with Gasteiger partial charge >= 0.3 is 5.97 Å². The maximum absolute atomic E-state index is 11.6. The third kappa shape index (κ3) is 4.21. The first-order chi connectivity index (χ1) is 9.15. The minimum absolute atomic E-state index is 0.0395. The van der Waals surface area contributed by atoms with Crippen LogP contribution in [-0.4, -0.2) is 54.7 Å². The quantitative estimate of drug-likeness (QED) is 0.763. The number of nitrogens with zero attached hydrogens (tertiary/aromatic N) is 3. The van der Waals surface area contributed by atoms with Crippen molar-refractivity contribution >= 4 is 11.8 Å². The first-order valence-corrected chi connectivity index (χ1v) is 6.73. The van der Waals surface area contributed by atoms with E-state index in [1.165, 1.54) is 0 Å². The van der Waals surface area contributed by atoms with E-state index < -0.39 is 0 Å². The molecule has 1 aliphatic heterocycles. The van der Waals surface area contributed by atoms with Gasteiger partial charge in [-0.05, 0) is 26.0 Å². The van der Waals surface area contributed by atoms with Crippen molar-refractivity contribution < 1.29 is 9.53 Å². The molecule has 1 saturated heterocycles. The zero-order valence-electron chi connectivity index (χ0n) is 11.6. The number of hydrogen-bond acceptors (Lipinski definition) is 5. The van der Waals surface area contributed by atoms with Crippen LogP contribution in [0.3, 0.4) is 0 Å². The second kappa shape index (κ2) is 6.52. The predicted octanol–water partition coefficient (Wildman–Crippen LogP) is 1.16. The van der Waals surface area contributed by atoms with Gasteiger partial charge in [0.25, 0.3) is 0 Å². The Hall–Kier alpha value is -1.62. The van der Waals surface area contributed by atoms with Crippen LogP contribution in [0, 0.1) is 0 Å². The van der Waals surface area contributed by atoms with Gasteiger partial charge in [-0.15, -0.1) is 0 Å². The minimum atomic E-state index is -0.138. The molecule has 0 saturated carbocycles. The third-order valence-electron chi connectivity index (χ3n) is 3.07. The van der Waals surface area contributed by atoms with E-state index in [4.69, 9.17) is 4.74 Å². The molecule has 0 radical (unpaired) electrons. The van der Waals surface area contributed by atoms with Crippen LogP contribution in [0.5, 0.6) is 0 Å². The van der Waals surface area contributed by atoms with Gasteiger partial charge in [-0.1, -0.05) is 6.07 Å². The molecule has 104 valence electrons. The van der Waals surface area contributed by atoms with Crippen LogP contribution in [0.1, 0.15) is 13.8 Å². The average molecular weight is 263 g/mol. The molecule has 0 N–H and O–H groups in total. The van der Waals surface area contributed by atoms with Gasteiger partial charge < -0.3 is 9.64 Å². The third-order valence-corrected chi connectivity index (χ3v) is 3.07. The number of esters is 1. The van der Waals surface area contributed by atoms with E-state index in [0.717, 1.165) is 32.0 Å². The Kier molecular flexibility index (Phi) is 4.74. The molecule has 0 unspecified atom stereocenters. The standard InChI is InChI=1S/C14H21N3O2/c1-12(2)19-14(18)11-16-7-9-17(10-8-16)13-5-3-4-6-15-13/h3-6,12H,7-11H2,1-2H3. The van der Waals surface area contributed by atoms with Crippen LogP contribution in [-0.2, 0) is 9.53 Å². The highest BCUT2D eigenvalue weighted by atomic mass is 16.5. The topological polar surface area (TPSA) is 45.7 Å². The van der Waals surface area contributed by atoms with Crippen LogP contribution >= 0.6 is 0 Å². The van der Waals surface area contributed by atoms with Crippen molar-refractivity contribution in [3.8, 4) is 0 Å². The van der Waals surface area contributed by atoms with Crippen LogP contribution in [0.15, 0.2) is 24.4 Å². The Labute approximate surface area is 114 Å². The van der Waals surface area contributed by atoms with E-state index in [0.29, 0.717) is 6.54 Å². The van der Waals surface area contributed by atoms with E-state index in [2.05, 4.69) is 14.8 Å². The van der Waals surface area contributed by atoms with Gasteiger partial charge in [0.15, 0.2) is 0 Å². The number of rotatable bonds is 4. The molecule has 0 spiro atoms. The maximum Gasteiger partial charge on any atom is 0.320 e. The fourth-order valence-corrected chi connectivity index (χ4v) is 2.16. The molecular formula is C14H21N3O2. The Bertz CT molecular complexity index is 400. The van der Waals surface area contributed by atoms with Gasteiger partial charge in [-0.3, -0.25) is 9.69 Å². The van der Waals surface area contributed by atoms with Crippen LogP contribution in [0.4, 0.5) is 5.82 Å². The zero-order chi connectivity index (χ0) is 13.7. The summed E-state index contributed by atoms with van der Waals surface area (Å²) >= 11 is 0. The van der Waals surface area contributed by atoms with E-state index >= 15 is 0 Å². The minimum Gasteiger partial charge on any atom is -0.462 e. The highest BCUT2D eigenvalue weighted by Gasteiger charge is 2.20. The Morgan fingerprint density at radius 2 is 2.05 bits per heavy atom. The molecule has 1 aromatic rings. The molecule has 0 aromatic carbocycles. The van der Waals surface area contributed by atoms with Gasteiger partial charge in [0.2, 0.25) is 0 Å². The van der Waals surface area contributed by atoms with Crippen molar-refractivity contribution in [3.05, 3.63) is 24.4 Å². The fourth-order valence-electron chi connectivity index (χ4n) is 2.16. The lowest BCUT2D eigenvalue weighted by molar-refractivity contribution is -0.148. The molecule has 1 aromatic heterocycles. The summed E-state index contributed by atoms with van der Waals surface area (Å²) in [6.07, 6.45) is 1.77. The smallest absolute Gasteiger partial charge is 0.320 e. The lowest BCUT2D eigenvalue weighted by Crippen LogP contribution is -2.48. The lowest BCUT2D eigenvalue weighted by atomic mass is 10.3. The Morgan fingerprint density at radius 1 is 1.32 bits per heavy atom. The number of anilines is 1. The second-order valence-corrected chi connectivity index (χ2v) is 4.99. The lowest BCUT2D eigenvalue weighted by Gasteiger charge is -2.34. The number of carbonyl (C=O) groups excluding carboxylic acids is 1. The van der Waals surface area contributed by atoms with Crippen molar-refractivity contribution in [1.82, 2.24) is 9.88 Å². The number of pyridine rings is 1. The van der Waals surface area contributed by atoms with Crippen molar-refractivity contribution in [3.63, 3.8) is 0 Å². The molecule has 2 heterocycles. The van der Waals surface area contributed by atoms with E-state index in [1.807, 2.05) is 38.2 Å². The molecule has 5 nitrogen and oxygen atoms in total. The normalized spacial score (nSPS) is 16.7. The fraction of sp³-hybridized carbons (Fsp3) is 0.571. The highest BCUT2D eigenvalue weighted by Crippen LogP contribution is 2.12. The van der Waals surface area contributed by atoms with Crippen molar-refractivity contribution in [2.45, 2.75) is 20.0 Å². The van der Waals surface area contributed by atoms with Crippen molar-refractivity contribution in [2.75, 3.05) is 37.6 Å². The molecule has 19 heavy (non-hydrogen) atoms. The van der Waals surface area contributed by atoms with E-state index in [1.54, 1.807) is 0 Å². The molecular weight excluding hydrogens is 242 g/mol. The van der Waals surface area contributed by atoms with Gasteiger partial charge in [-0.25, -0.2) is 4.98 Å². The Morgan fingerprint density at radius 3 is 2.63 bits per heavy atom. The van der Waals surface area contributed by atoms with Gasteiger partial charge in [0.1, 0.15) is 5.82 Å². The number of carbonyl (C=O) groups is 1. The first kappa shape index (κ1) is 13.8. The summed E-state index contributed by atoms with van der Waals surface area (Å²) in [5.41, 5.74) is 0. The number of ether oxygens (including phenoxy) is 1. The monoisotopic (exact) mass is 263 g/mol. The summed E-state index contributed by atoms with van der Waals surface area (Å²) in [7, 11) is 0. The van der Waals surface area contributed by atoms with Crippen LogP contribution in [0.2, 0.25) is 0 Å². The maximum atomic E-state index is 11.6. The predicted molar refractivity (Wildman–Crippen MR) is 74.1 cm³/mol. The Balaban J connectivity index is 1.78. The van der Waals surface area contributed by atoms with Crippen LogP contribution < -0.4 is 4.90 Å². The summed E-state index contributed by atoms with van der Waals surface area (Å²) in [5, 5.41) is 0. The zero-order valence-corrected chi connectivity index (χ0v) is 11.6. The molecule has 0 atom stereocenters. The molecule has 0 amide bonds. The summed E-state index contributed by atoms with van der Waals surface area (Å²) in [6, 6.07) is 5.93. The molecule has 1 aliphatic rings. The average Bonchev–Trinajstić information content (AvgIpc) is 2.39. The molecule has 2 rings (SSSR count). The molecule has 0 aliphatic carbocycles. The van der Waals surface area contributed by atoms with E-state index in [-0.39, 0.29) is 12.1 Å². The number of hydrogen-bond donors (Lipinski definition) is 0. The van der Waals surface area contributed by atoms with Crippen molar-refractivity contribution in [2.24, 2.45) is 0 Å². The SMILES string of the molecule is CC(C)OC(=O)CN1CCN(c2ccccn2)CC1. The molecule has 1 fully saturated rings. The van der Waals surface area contributed by atoms with Gasteiger partial charge in [0, 0.05) is 32.4 Å². The van der Waals surface area contributed by atoms with Crippen molar-refractivity contribution in [1.29, 1.82) is 0 Å². The molecule has 0 bridgehead atoms. The molecule has 5 heteroatoms. The van der Waals surface area contributed by atoms with Gasteiger partial charge in [-0.2, -0.15) is 0 Å². The van der Waals surface area contributed by atoms with Gasteiger partial charge in [0.05, 0.1) is 12.6 Å². The number of piperazine rings is 1. The largest absolute Gasteiger partial charge is 0.462 e. The van der Waals surface area contributed by atoms with E-state index in [9.17, 15) is 4.79 Å². The number of aromatic nitrogens is 1.